The molecular weight excluding hydrogens is 1830 g/mol. The second kappa shape index (κ2) is 56.3. The van der Waals surface area contributed by atoms with Crippen molar-refractivity contribution >= 4 is 0 Å². The van der Waals surface area contributed by atoms with Gasteiger partial charge in [-0.15, -0.1) is 0 Å². The Balaban J connectivity index is -0.00000202. The van der Waals surface area contributed by atoms with Gasteiger partial charge in [0, 0.05) is 48.0 Å². The Labute approximate surface area is 952 Å². The van der Waals surface area contributed by atoms with Crippen molar-refractivity contribution in [3.8, 4) is 0 Å². The predicted octanol–water partition coefficient (Wildman–Crippen LogP) is 46.0. The van der Waals surface area contributed by atoms with Crippen molar-refractivity contribution in [3.05, 3.63) is 281 Å². The first-order chi connectivity index (χ1) is 77.9. The highest BCUT2D eigenvalue weighted by molar-refractivity contribution is 5.48. The zero-order chi connectivity index (χ0) is 144. The van der Waals surface area contributed by atoms with Gasteiger partial charge in [-0.3, -0.25) is 0 Å². The second-order valence-electron chi connectivity index (χ2n) is 51.8. The van der Waals surface area contributed by atoms with Crippen LogP contribution in [0.4, 0.5) is 39.5 Å². The van der Waals surface area contributed by atoms with Crippen molar-refractivity contribution < 1.29 is 87.5 Å². The number of benzene rings is 8. The number of rotatable bonds is 19. The Morgan fingerprint density at radius 2 is 0.524 bits per heavy atom. The molecule has 0 nitrogen and oxygen atoms in total. The fourth-order valence-electron chi connectivity index (χ4n) is 15.9. The fraction of sp³-hybridized carbons (Fsp3) is 0.652. The summed E-state index contributed by atoms with van der Waals surface area (Å²) in [6, 6.07) is 47.5. The first-order valence-corrected chi connectivity index (χ1v) is 50.6. The van der Waals surface area contributed by atoms with Crippen LogP contribution < -0.4 is 0 Å². The molecule has 0 saturated heterocycles. The normalized spacial score (nSPS) is 19.4. The van der Waals surface area contributed by atoms with E-state index >= 15 is 0 Å². The van der Waals surface area contributed by atoms with E-state index in [1.54, 1.807) is 77.9 Å². The quantitative estimate of drug-likeness (QED) is 0.0708. The maximum Gasteiger partial charge on any atom is 0.394 e. The smallest absolute Gasteiger partial charge is 0.171 e. The summed E-state index contributed by atoms with van der Waals surface area (Å²) in [6.45, 7) is 71.1. The molecule has 4 unspecified atom stereocenters. The average molecular weight is 2090 g/mol. The molecule has 0 amide bonds. The van der Waals surface area contributed by atoms with Gasteiger partial charge in [-0.1, -0.05) is 566 Å². The summed E-state index contributed by atoms with van der Waals surface area (Å²) in [5.74, 6) is -12.4. The maximum atomic E-state index is 13.8. The molecule has 4 atom stereocenters. The summed E-state index contributed by atoms with van der Waals surface area (Å²) in [5, 5.41) is 0. The molecule has 8 rings (SSSR count). The molecule has 0 N–H and O–H groups in total. The number of hydrogen-bond acceptors (Lipinski definition) is 0. The molecule has 0 bridgehead atoms. The lowest BCUT2D eigenvalue weighted by molar-refractivity contribution is -0.218. The monoisotopic (exact) mass is 2090 g/mol. The van der Waals surface area contributed by atoms with Gasteiger partial charge in [0.25, 0.3) is 0 Å². The van der Waals surface area contributed by atoms with Gasteiger partial charge in [0.15, 0.2) is 0 Å². The van der Waals surface area contributed by atoms with Gasteiger partial charge >= 0.3 is 18.5 Å². The minimum absolute atomic E-state index is 0. The SMILES string of the molecule is C.C.C.[2H]C([2H])([2H])C([2H])(c1cccc(C([2H])(C([2H])([2H])[2H])C([2H])([2H])C)c1C(C)(C)C)C([2H])([2H])[2H].[2H]C([2H])([2H])C([2H])(c1ccccc1C(C)(C)C)C([2H])([2H])[2H].[2H]C([2H])(c1cccc(C([2H])(C)C(C)(C)C(F)(F)F)c1C(C)(C)C)C(C)(C)C(F)(F)F.[2H]C([2H])(c1cccc(C([2H])(C)C(C)(C)C)c1C(C)(C)C)C(C)(C)C.[2H]C([2H])(c1cccc(C([2H])(C)C(C)C)c1C(C)(C)C)C(C)C.[2H]C([2H])(c1ccccc1C(C)(C)C)C(C)(C)C.[2H]C([2H])(c1ccccc1C(C)(C)C)C(C)(C)C(F)(F)F.[2H]C([2H])(c1ccccc1C(C)(C)C)C(C)C. The van der Waals surface area contributed by atoms with E-state index in [2.05, 4.69) is 118 Å². The lowest BCUT2D eigenvalue weighted by atomic mass is 9.68. The van der Waals surface area contributed by atoms with Crippen molar-refractivity contribution in [2.45, 2.75) is 538 Å². The predicted molar refractivity (Wildman–Crippen MR) is 638 cm³/mol. The van der Waals surface area contributed by atoms with Crippen LogP contribution in [0.5, 0.6) is 0 Å². The van der Waals surface area contributed by atoms with Crippen LogP contribution in [0.15, 0.2) is 170 Å². The third-order valence-electron chi connectivity index (χ3n) is 24.3. The maximum absolute atomic E-state index is 13.8. The highest BCUT2D eigenvalue weighted by Gasteiger charge is 2.53. The van der Waals surface area contributed by atoms with Gasteiger partial charge in [-0.05, 0) is 269 Å². The van der Waals surface area contributed by atoms with E-state index in [1.165, 1.54) is 42.5 Å². The van der Waals surface area contributed by atoms with Crippen LogP contribution in [0.2, 0.25) is 0 Å². The van der Waals surface area contributed by atoms with Crippen LogP contribution >= 0.6 is 0 Å². The van der Waals surface area contributed by atoms with Gasteiger partial charge in [0.05, 0.1) is 16.2 Å². The summed E-state index contributed by atoms with van der Waals surface area (Å²) in [5.41, 5.74) is -3.44. The molecule has 0 saturated carbocycles. The number of halogens is 9. The van der Waals surface area contributed by atoms with Crippen LogP contribution in [0.3, 0.4) is 0 Å². The van der Waals surface area contributed by atoms with Crippen LogP contribution in [-0.2, 0) is 81.6 Å². The first kappa shape index (κ1) is 91.6. The number of alkyl halides is 9. The van der Waals surface area contributed by atoms with Crippen molar-refractivity contribution in [2.75, 3.05) is 0 Å². The van der Waals surface area contributed by atoms with E-state index in [9.17, 15) is 39.5 Å². The molecule has 0 aromatic heterocycles. The minimum Gasteiger partial charge on any atom is -0.171 e. The Morgan fingerprint density at radius 1 is 0.259 bits per heavy atom. The van der Waals surface area contributed by atoms with Crippen molar-refractivity contribution in [2.24, 2.45) is 50.2 Å². The molecule has 0 aliphatic rings. The Bertz CT molecular complexity index is 6570. The molecule has 8 aromatic rings. The van der Waals surface area contributed by atoms with Gasteiger partial charge < -0.3 is 0 Å². The zero-order valence-corrected chi connectivity index (χ0v) is 97.8. The molecule has 0 aliphatic carbocycles. The number of hydrogen-bond donors (Lipinski definition) is 0. The van der Waals surface area contributed by atoms with Gasteiger partial charge in [0.1, 0.15) is 0 Å². The first-order valence-electron chi connectivity index (χ1n) is 68.1. The third kappa shape index (κ3) is 46.1. The minimum atomic E-state index is -4.91. The summed E-state index contributed by atoms with van der Waals surface area (Å²) < 4.78 is 407. The van der Waals surface area contributed by atoms with E-state index in [4.69, 9.17) is 48.0 Å². The Hall–Kier alpha value is -6.87. The summed E-state index contributed by atoms with van der Waals surface area (Å²) >= 11 is 0. The molecule has 0 radical (unpaired) electrons. The summed E-state index contributed by atoms with van der Waals surface area (Å²) in [6.07, 6.45) is -27.8. The van der Waals surface area contributed by atoms with Crippen molar-refractivity contribution in [1.29, 1.82) is 0 Å². The molecule has 0 heterocycles. The van der Waals surface area contributed by atoms with Gasteiger partial charge in [-0.2, -0.15) is 39.5 Å². The van der Waals surface area contributed by atoms with Crippen molar-refractivity contribution in [1.82, 2.24) is 0 Å². The second-order valence-corrected chi connectivity index (χ2v) is 51.8. The average Bonchev–Trinajstić information content (AvgIpc) is 0.699. The Kier molecular flexibility index (Phi) is 35.1. The van der Waals surface area contributed by atoms with Crippen LogP contribution in [0.25, 0.3) is 0 Å². The fourth-order valence-corrected chi connectivity index (χ4v) is 15.9. The van der Waals surface area contributed by atoms with Crippen LogP contribution in [0.1, 0.15) is 597 Å². The van der Waals surface area contributed by atoms with Crippen LogP contribution in [0, 0.1) is 50.2 Å². The summed E-state index contributed by atoms with van der Waals surface area (Å²) in [7, 11) is 0. The molecule has 9 heteroatoms. The van der Waals surface area contributed by atoms with E-state index in [1.807, 2.05) is 210 Å². The van der Waals surface area contributed by atoms with Crippen LogP contribution in [-0.4, -0.2) is 18.5 Å². The zero-order valence-electron chi connectivity index (χ0n) is 133. The van der Waals surface area contributed by atoms with Crippen molar-refractivity contribution in [3.63, 3.8) is 0 Å². The summed E-state index contributed by atoms with van der Waals surface area (Å²) in [4.78, 5) is 0. The van der Waals surface area contributed by atoms with Gasteiger partial charge in [-0.25, -0.2) is 0 Å². The molecular formula is C138H225F9. The van der Waals surface area contributed by atoms with E-state index in [0.29, 0.717) is 11.1 Å². The largest absolute Gasteiger partial charge is 0.394 e. The molecule has 0 fully saturated rings. The van der Waals surface area contributed by atoms with E-state index in [0.717, 1.165) is 117 Å². The van der Waals surface area contributed by atoms with E-state index in [-0.39, 0.29) is 106 Å². The highest BCUT2D eigenvalue weighted by atomic mass is 19.4. The molecule has 0 aliphatic heterocycles. The standard InChI is InChI=1S/C21H30F6.C21H36.C19H32.C17H28.C15H21F3.C15H24.C14H22.C13H20.3CH4/c1-13(19(7,8)21(25,26)27)15-11-9-10-14(16(15)17(2,3)4)12-18(5,6)20(22,23)24;1-15(20(5,6)7)17-13-11-12-16(14-19(2,3)4)18(17)21(8,9)10;1-13(2)12-16-10-9-11-17(15(5)14(3)4)18(16)19(6,7)8;1-8-13(4)15-11-9-10-14(12(2)3)16(15)17(5,6)7;1-13(2,3)12-9-7-6-8-11(12)10-14(4,5)15(16,17)18;1-14(2,3)11-12-9-7-8-10-13(12)15(4,5)6;1-11(2)10-12-8-6-7-9-13(12)14(3,4)5;1-10(2)11-8-6-7-9-12(11)13(3,4)5;;;/h9-11,13H,12H2,1-8H3;11-13,15H,14H2,1-10H3;9-11,13-15H,12H2,1-8H3;9-13H,8H2,1-7H3;6-9H,10H2,1-5H3;7-10H,11H2,1-6H3;6-9,11H,10H2,1-5H3;6-10H,1-5H3;3*1H4/i12D2,13D;14D2,15D;12D2,15D;2D3,3D3,4D3,8D2,12D,13D;10D2;11D2;10D2;1D3,2D3,10D;;;. The topological polar surface area (TPSA) is 0 Å². The molecule has 147 heavy (non-hydrogen) atoms. The Morgan fingerprint density at radius 3 is 0.850 bits per heavy atom. The lowest BCUT2D eigenvalue weighted by Gasteiger charge is -2.39. The lowest BCUT2D eigenvalue weighted by Crippen LogP contribution is -2.38. The molecule has 8 aromatic carbocycles. The van der Waals surface area contributed by atoms with E-state index < -0.39 is 187 Å². The molecule has 840 valence electrons. The highest BCUT2D eigenvalue weighted by Crippen LogP contribution is 2.53. The van der Waals surface area contributed by atoms with Gasteiger partial charge in [0.2, 0.25) is 0 Å². The third-order valence-corrected chi connectivity index (χ3v) is 24.3. The molecule has 0 spiro atoms.